The number of aliphatic hydroxyl groups is 1. The van der Waals surface area contributed by atoms with E-state index in [4.69, 9.17) is 4.74 Å². The summed E-state index contributed by atoms with van der Waals surface area (Å²) in [6, 6.07) is 7.74. The third-order valence-electron chi connectivity index (χ3n) is 3.58. The second-order valence-electron chi connectivity index (χ2n) is 5.17. The minimum atomic E-state index is -0.396. The van der Waals surface area contributed by atoms with E-state index in [1.807, 2.05) is 24.3 Å². The number of ether oxygens (including phenoxy) is 1. The molecule has 1 atom stereocenters. The first kappa shape index (κ1) is 16.0. The molecular weight excluding hydrogens is 236 g/mol. The van der Waals surface area contributed by atoms with Crippen LogP contribution < -0.4 is 4.74 Å². The van der Waals surface area contributed by atoms with Gasteiger partial charge >= 0.3 is 0 Å². The molecule has 1 aromatic rings. The van der Waals surface area contributed by atoms with Crippen LogP contribution in [-0.4, -0.2) is 12.2 Å². The number of hydrogen-bond donors (Lipinski definition) is 1. The van der Waals surface area contributed by atoms with Crippen molar-refractivity contribution in [2.45, 2.75) is 64.4 Å². The van der Waals surface area contributed by atoms with E-state index in [1.54, 1.807) is 7.11 Å². The van der Waals surface area contributed by atoms with Crippen molar-refractivity contribution in [3.8, 4) is 5.75 Å². The maximum atomic E-state index is 10.2. The van der Waals surface area contributed by atoms with E-state index < -0.39 is 6.10 Å². The zero-order valence-corrected chi connectivity index (χ0v) is 12.4. The van der Waals surface area contributed by atoms with Crippen molar-refractivity contribution in [1.82, 2.24) is 0 Å². The van der Waals surface area contributed by atoms with Gasteiger partial charge in [-0.1, -0.05) is 70.1 Å². The highest BCUT2D eigenvalue weighted by molar-refractivity contribution is 5.34. The standard InChI is InChI=1S/C17H28O2/c1-3-4-5-6-7-8-9-13-16(18)15-12-10-11-14-17(15)19-2/h10-12,14,16,18H,3-9,13H2,1-2H3. The molecule has 0 bridgehead atoms. The Morgan fingerprint density at radius 3 is 2.32 bits per heavy atom. The Labute approximate surface area is 117 Å². The van der Waals surface area contributed by atoms with Gasteiger partial charge in [0.15, 0.2) is 0 Å². The van der Waals surface area contributed by atoms with Crippen molar-refractivity contribution in [1.29, 1.82) is 0 Å². The van der Waals surface area contributed by atoms with Crippen molar-refractivity contribution in [2.24, 2.45) is 0 Å². The van der Waals surface area contributed by atoms with Crippen molar-refractivity contribution in [3.05, 3.63) is 29.8 Å². The molecule has 0 heterocycles. The summed E-state index contributed by atoms with van der Waals surface area (Å²) in [4.78, 5) is 0. The molecular formula is C17H28O2. The fourth-order valence-corrected chi connectivity index (χ4v) is 2.39. The Morgan fingerprint density at radius 2 is 1.63 bits per heavy atom. The van der Waals surface area contributed by atoms with Crippen LogP contribution in [0.1, 0.15) is 70.0 Å². The minimum absolute atomic E-state index is 0.396. The highest BCUT2D eigenvalue weighted by Crippen LogP contribution is 2.28. The maximum absolute atomic E-state index is 10.2. The maximum Gasteiger partial charge on any atom is 0.124 e. The SMILES string of the molecule is CCCCCCCCCC(O)c1ccccc1OC. The number of benzene rings is 1. The van der Waals surface area contributed by atoms with Crippen molar-refractivity contribution in [3.63, 3.8) is 0 Å². The highest BCUT2D eigenvalue weighted by atomic mass is 16.5. The molecule has 2 nitrogen and oxygen atoms in total. The predicted molar refractivity (Wildman–Crippen MR) is 80.6 cm³/mol. The second kappa shape index (κ2) is 9.85. The first-order chi connectivity index (χ1) is 9.29. The van der Waals surface area contributed by atoms with E-state index in [9.17, 15) is 5.11 Å². The average molecular weight is 264 g/mol. The topological polar surface area (TPSA) is 29.5 Å². The summed E-state index contributed by atoms with van der Waals surface area (Å²) in [6.07, 6.45) is 9.36. The van der Waals surface area contributed by atoms with Gasteiger partial charge in [0.1, 0.15) is 5.75 Å². The van der Waals surface area contributed by atoms with Crippen LogP contribution >= 0.6 is 0 Å². The van der Waals surface area contributed by atoms with Crippen LogP contribution in [0.5, 0.6) is 5.75 Å². The van der Waals surface area contributed by atoms with Crippen molar-refractivity contribution < 1.29 is 9.84 Å². The van der Waals surface area contributed by atoms with Gasteiger partial charge in [0.25, 0.3) is 0 Å². The lowest BCUT2D eigenvalue weighted by Gasteiger charge is -2.14. The number of para-hydroxylation sites is 1. The van der Waals surface area contributed by atoms with E-state index in [0.29, 0.717) is 0 Å². The third kappa shape index (κ3) is 6.11. The molecule has 0 aromatic heterocycles. The monoisotopic (exact) mass is 264 g/mol. The van der Waals surface area contributed by atoms with Gasteiger partial charge < -0.3 is 9.84 Å². The first-order valence-electron chi connectivity index (χ1n) is 7.60. The summed E-state index contributed by atoms with van der Waals surface area (Å²) in [5.41, 5.74) is 0.913. The van der Waals surface area contributed by atoms with Gasteiger partial charge in [-0.15, -0.1) is 0 Å². The molecule has 2 heteroatoms. The molecule has 0 radical (unpaired) electrons. The van der Waals surface area contributed by atoms with Crippen LogP contribution in [0, 0.1) is 0 Å². The predicted octanol–water partition coefficient (Wildman–Crippen LogP) is 4.87. The van der Waals surface area contributed by atoms with Crippen LogP contribution in [0.2, 0.25) is 0 Å². The van der Waals surface area contributed by atoms with Crippen LogP contribution in [0.4, 0.5) is 0 Å². The second-order valence-corrected chi connectivity index (χ2v) is 5.17. The zero-order chi connectivity index (χ0) is 13.9. The summed E-state index contributed by atoms with van der Waals surface area (Å²) < 4.78 is 5.28. The molecule has 0 aliphatic heterocycles. The molecule has 0 aliphatic rings. The van der Waals surface area contributed by atoms with Gasteiger partial charge in [-0.25, -0.2) is 0 Å². The van der Waals surface area contributed by atoms with E-state index in [2.05, 4.69) is 6.92 Å². The largest absolute Gasteiger partial charge is 0.496 e. The molecule has 0 saturated carbocycles. The quantitative estimate of drug-likeness (QED) is 0.611. The van der Waals surface area contributed by atoms with Crippen LogP contribution in [0.25, 0.3) is 0 Å². The lowest BCUT2D eigenvalue weighted by molar-refractivity contribution is 0.159. The lowest BCUT2D eigenvalue weighted by Crippen LogP contribution is -2.00. The molecule has 19 heavy (non-hydrogen) atoms. The number of rotatable bonds is 10. The van der Waals surface area contributed by atoms with Crippen LogP contribution in [0.3, 0.4) is 0 Å². The van der Waals surface area contributed by atoms with Crippen LogP contribution in [-0.2, 0) is 0 Å². The zero-order valence-electron chi connectivity index (χ0n) is 12.4. The van der Waals surface area contributed by atoms with Gasteiger partial charge in [0, 0.05) is 5.56 Å². The molecule has 108 valence electrons. The summed E-state index contributed by atoms with van der Waals surface area (Å²) in [6.45, 7) is 2.24. The molecule has 0 aliphatic carbocycles. The number of hydrogen-bond acceptors (Lipinski definition) is 2. The fraction of sp³-hybridized carbons (Fsp3) is 0.647. The minimum Gasteiger partial charge on any atom is -0.496 e. The van der Waals surface area contributed by atoms with Gasteiger partial charge in [0.2, 0.25) is 0 Å². The van der Waals surface area contributed by atoms with Gasteiger partial charge in [0.05, 0.1) is 13.2 Å². The summed E-state index contributed by atoms with van der Waals surface area (Å²) >= 11 is 0. The van der Waals surface area contributed by atoms with Gasteiger partial charge in [-0.05, 0) is 12.5 Å². The lowest BCUT2D eigenvalue weighted by atomic mass is 10.0. The van der Waals surface area contributed by atoms with Crippen LogP contribution in [0.15, 0.2) is 24.3 Å². The molecule has 0 fully saturated rings. The summed E-state index contributed by atoms with van der Waals surface area (Å²) in [7, 11) is 1.65. The Morgan fingerprint density at radius 1 is 1.00 bits per heavy atom. The number of methoxy groups -OCH3 is 1. The third-order valence-corrected chi connectivity index (χ3v) is 3.58. The van der Waals surface area contributed by atoms with Crippen molar-refractivity contribution in [2.75, 3.05) is 7.11 Å². The van der Waals surface area contributed by atoms with Gasteiger partial charge in [-0.2, -0.15) is 0 Å². The summed E-state index contributed by atoms with van der Waals surface area (Å²) in [5, 5.41) is 10.2. The molecule has 1 rings (SSSR count). The number of aliphatic hydroxyl groups excluding tert-OH is 1. The highest BCUT2D eigenvalue weighted by Gasteiger charge is 2.11. The van der Waals surface area contributed by atoms with Crippen molar-refractivity contribution >= 4 is 0 Å². The molecule has 0 saturated heterocycles. The normalized spacial score (nSPS) is 12.4. The van der Waals surface area contributed by atoms with E-state index in [0.717, 1.165) is 24.2 Å². The Balaban J connectivity index is 2.22. The van der Waals surface area contributed by atoms with Gasteiger partial charge in [-0.3, -0.25) is 0 Å². The van der Waals surface area contributed by atoms with E-state index in [-0.39, 0.29) is 0 Å². The Bertz CT molecular complexity index is 336. The molecule has 1 N–H and O–H groups in total. The molecule has 1 unspecified atom stereocenters. The fourth-order valence-electron chi connectivity index (χ4n) is 2.39. The number of unbranched alkanes of at least 4 members (excludes halogenated alkanes) is 6. The van der Waals surface area contributed by atoms with E-state index >= 15 is 0 Å². The Kier molecular flexibility index (Phi) is 8.31. The molecule has 0 amide bonds. The Hall–Kier alpha value is -1.02. The summed E-state index contributed by atoms with van der Waals surface area (Å²) in [5.74, 6) is 0.790. The van der Waals surface area contributed by atoms with E-state index in [1.165, 1.54) is 38.5 Å². The smallest absolute Gasteiger partial charge is 0.124 e. The first-order valence-corrected chi connectivity index (χ1v) is 7.60. The molecule has 0 spiro atoms. The molecule has 1 aromatic carbocycles. The average Bonchev–Trinajstić information content (AvgIpc) is 2.46.